The molecule has 4 atom stereocenters. The van der Waals surface area contributed by atoms with Crippen LogP contribution in [0.1, 0.15) is 50.6 Å². The molecule has 1 N–H and O–H groups in total. The predicted molar refractivity (Wildman–Crippen MR) is 126 cm³/mol. The highest BCUT2D eigenvalue weighted by molar-refractivity contribution is 8.16. The Morgan fingerprint density at radius 2 is 2.09 bits per heavy atom. The van der Waals surface area contributed by atoms with Crippen molar-refractivity contribution in [3.8, 4) is 0 Å². The summed E-state index contributed by atoms with van der Waals surface area (Å²) in [5.41, 5.74) is 2.63. The number of allylic oxidation sites excluding steroid dienone is 1. The van der Waals surface area contributed by atoms with Gasteiger partial charge in [0.05, 0.1) is 30.8 Å². The highest BCUT2D eigenvalue weighted by Gasteiger charge is 2.43. The number of carbonyl (C=O) groups excluding carboxylic acids is 2. The smallest absolute Gasteiger partial charge is 0.338 e. The molecule has 2 bridgehead atoms. The molecule has 0 aromatic heterocycles. The van der Waals surface area contributed by atoms with Gasteiger partial charge in [-0.05, 0) is 55.1 Å². The molecule has 1 aromatic rings. The summed E-state index contributed by atoms with van der Waals surface area (Å²) in [6.07, 6.45) is 5.09. The van der Waals surface area contributed by atoms with Crippen LogP contribution >= 0.6 is 23.4 Å². The minimum Gasteiger partial charge on any atom is -0.466 e. The quantitative estimate of drug-likeness (QED) is 0.625. The van der Waals surface area contributed by atoms with E-state index in [9.17, 15) is 9.59 Å². The molecule has 32 heavy (non-hydrogen) atoms. The molecule has 0 unspecified atom stereocenters. The van der Waals surface area contributed by atoms with E-state index in [1.165, 1.54) is 38.1 Å². The molecule has 4 aliphatic rings. The topological polar surface area (TPSA) is 71.0 Å². The van der Waals surface area contributed by atoms with Crippen molar-refractivity contribution in [3.05, 3.63) is 57.2 Å². The van der Waals surface area contributed by atoms with Crippen molar-refractivity contribution in [2.24, 2.45) is 16.8 Å². The van der Waals surface area contributed by atoms with Crippen LogP contribution in [-0.4, -0.2) is 35.1 Å². The zero-order valence-corrected chi connectivity index (χ0v) is 19.7. The second-order valence-electron chi connectivity index (χ2n) is 8.93. The van der Waals surface area contributed by atoms with Gasteiger partial charge in [-0.25, -0.2) is 9.79 Å². The third kappa shape index (κ3) is 3.75. The number of methoxy groups -OCH3 is 1. The lowest BCUT2D eigenvalue weighted by Gasteiger charge is -2.36. The number of hydrogen-bond acceptors (Lipinski definition) is 6. The number of carbonyl (C=O) groups is 2. The molecule has 6 nitrogen and oxygen atoms in total. The van der Waals surface area contributed by atoms with Gasteiger partial charge in [0.25, 0.3) is 0 Å². The predicted octanol–water partition coefficient (Wildman–Crippen LogP) is 4.78. The van der Waals surface area contributed by atoms with Crippen molar-refractivity contribution in [3.63, 3.8) is 0 Å². The number of hydrogen-bond donors (Lipinski definition) is 1. The number of rotatable bonds is 5. The van der Waals surface area contributed by atoms with Gasteiger partial charge in [-0.1, -0.05) is 48.0 Å². The van der Waals surface area contributed by atoms with Crippen LogP contribution in [-0.2, 0) is 14.3 Å². The summed E-state index contributed by atoms with van der Waals surface area (Å²) in [5, 5.41) is 6.51. The highest BCUT2D eigenvalue weighted by atomic mass is 35.5. The highest BCUT2D eigenvalue weighted by Crippen LogP contribution is 2.47. The first-order valence-electron chi connectivity index (χ1n) is 11.0. The van der Waals surface area contributed by atoms with E-state index in [1.54, 1.807) is 13.0 Å². The minimum absolute atomic E-state index is 0.0134. The first-order valence-corrected chi connectivity index (χ1v) is 12.3. The largest absolute Gasteiger partial charge is 0.466 e. The fourth-order valence-corrected chi connectivity index (χ4v) is 6.78. The molecule has 0 saturated heterocycles. The van der Waals surface area contributed by atoms with E-state index < -0.39 is 12.0 Å². The molecule has 0 radical (unpaired) electrons. The average molecular weight is 472 g/mol. The normalized spacial score (nSPS) is 28.4. The summed E-state index contributed by atoms with van der Waals surface area (Å²) >= 11 is 8.03. The zero-order chi connectivity index (χ0) is 22.4. The number of ether oxygens (including phenoxy) is 1. The van der Waals surface area contributed by atoms with Gasteiger partial charge in [0.15, 0.2) is 5.17 Å². The van der Waals surface area contributed by atoms with Crippen LogP contribution in [0.25, 0.3) is 0 Å². The lowest BCUT2D eigenvalue weighted by Crippen LogP contribution is -2.41. The molecule has 8 heteroatoms. The van der Waals surface area contributed by atoms with Crippen molar-refractivity contribution in [1.29, 1.82) is 0 Å². The van der Waals surface area contributed by atoms with E-state index >= 15 is 0 Å². The molecule has 2 fully saturated rings. The molecule has 0 spiro atoms. The number of thioether (sulfide) groups is 1. The molecule has 2 aliphatic carbocycles. The van der Waals surface area contributed by atoms with Crippen molar-refractivity contribution >= 4 is 40.4 Å². The van der Waals surface area contributed by atoms with Crippen LogP contribution < -0.4 is 5.32 Å². The van der Waals surface area contributed by atoms with Gasteiger partial charge >= 0.3 is 5.97 Å². The second-order valence-corrected chi connectivity index (χ2v) is 10.2. The molecule has 1 aromatic carbocycles. The summed E-state index contributed by atoms with van der Waals surface area (Å²) in [6, 6.07) is 7.25. The Morgan fingerprint density at radius 3 is 2.78 bits per heavy atom. The number of fused-ring (bicyclic) bond motifs is 3. The summed E-state index contributed by atoms with van der Waals surface area (Å²) < 4.78 is 5.09. The number of benzene rings is 1. The van der Waals surface area contributed by atoms with Crippen LogP contribution in [0.2, 0.25) is 5.02 Å². The lowest BCUT2D eigenvalue weighted by molar-refractivity contribution is -0.136. The van der Waals surface area contributed by atoms with Gasteiger partial charge in [0.2, 0.25) is 5.91 Å². The van der Waals surface area contributed by atoms with Gasteiger partial charge in [0.1, 0.15) is 0 Å². The van der Waals surface area contributed by atoms with Gasteiger partial charge in [-0.2, -0.15) is 0 Å². The minimum atomic E-state index is -0.500. The number of aliphatic imine (C=N–C) groups is 1. The van der Waals surface area contributed by atoms with E-state index in [4.69, 9.17) is 16.3 Å². The molecule has 2 heterocycles. The molecule has 2 aliphatic heterocycles. The van der Waals surface area contributed by atoms with Gasteiger partial charge in [0, 0.05) is 16.8 Å². The van der Waals surface area contributed by atoms with Gasteiger partial charge in [-0.3, -0.25) is 4.79 Å². The van der Waals surface area contributed by atoms with Crippen LogP contribution in [0.3, 0.4) is 0 Å². The third-order valence-electron chi connectivity index (χ3n) is 7.03. The Hall–Kier alpha value is -2.25. The number of amidine groups is 1. The van der Waals surface area contributed by atoms with Crippen LogP contribution in [0, 0.1) is 11.8 Å². The number of amides is 1. The standard InChI is InChI=1S/C24H26ClN3O3S/c1-13-21(23(30)31-2)22(17-5-3-4-6-18(17)25)28-16(12-32-24(28)26-13)11-20(29)27-19-10-14-7-8-15(19)9-14/h3-6,12,14-15,19,22H,7-11H2,1-2H3,(H,27,29)/t14-,15-,19-,22+/m0/s1. The summed E-state index contributed by atoms with van der Waals surface area (Å²) in [7, 11) is 1.36. The van der Waals surface area contributed by atoms with Crippen LogP contribution in [0.4, 0.5) is 0 Å². The van der Waals surface area contributed by atoms with Crippen LogP contribution in [0.15, 0.2) is 51.6 Å². The average Bonchev–Trinajstić information content (AvgIpc) is 3.49. The molecule has 2 saturated carbocycles. The Bertz CT molecular complexity index is 1070. The fourth-order valence-electron chi connectivity index (χ4n) is 5.58. The Labute approximate surface area is 197 Å². The first-order chi connectivity index (χ1) is 15.5. The summed E-state index contributed by atoms with van der Waals surface area (Å²) in [4.78, 5) is 32.4. The maximum absolute atomic E-state index is 13.0. The maximum Gasteiger partial charge on any atom is 0.338 e. The Kier molecular flexibility index (Phi) is 5.80. The fraction of sp³-hybridized carbons (Fsp3) is 0.458. The molecule has 168 valence electrons. The van der Waals surface area contributed by atoms with Gasteiger partial charge in [-0.15, -0.1) is 0 Å². The van der Waals surface area contributed by atoms with Crippen molar-refractivity contribution in [1.82, 2.24) is 10.2 Å². The maximum atomic E-state index is 13.0. The lowest BCUT2D eigenvalue weighted by atomic mass is 9.93. The van der Waals surface area contributed by atoms with Crippen LogP contribution in [0.5, 0.6) is 0 Å². The van der Waals surface area contributed by atoms with E-state index in [2.05, 4.69) is 10.3 Å². The van der Waals surface area contributed by atoms with E-state index in [-0.39, 0.29) is 18.4 Å². The molecule has 1 amide bonds. The van der Waals surface area contributed by atoms with Gasteiger partial charge < -0.3 is 15.0 Å². The number of nitrogens with one attached hydrogen (secondary N) is 1. The third-order valence-corrected chi connectivity index (χ3v) is 8.26. The SMILES string of the molecule is COC(=O)C1=C(C)N=C2SC=C(CC(=O)N[C@H]3C[C@H]4CC[C@H]3C4)N2[C@@H]1c1ccccc1Cl. The second kappa shape index (κ2) is 8.60. The Balaban J connectivity index is 1.43. The summed E-state index contributed by atoms with van der Waals surface area (Å²) in [5.74, 6) is 0.959. The van der Waals surface area contributed by atoms with Crippen molar-refractivity contribution in [2.75, 3.05) is 7.11 Å². The summed E-state index contributed by atoms with van der Waals surface area (Å²) in [6.45, 7) is 1.81. The van der Waals surface area contributed by atoms with E-state index in [0.717, 1.165) is 28.8 Å². The van der Waals surface area contributed by atoms with Crippen molar-refractivity contribution < 1.29 is 14.3 Å². The molecule has 5 rings (SSSR count). The first kappa shape index (κ1) is 21.6. The molecular formula is C24H26ClN3O3S. The molecular weight excluding hydrogens is 446 g/mol. The van der Waals surface area contributed by atoms with E-state index in [0.29, 0.717) is 22.2 Å². The number of halogens is 1. The monoisotopic (exact) mass is 471 g/mol. The van der Waals surface area contributed by atoms with Crippen molar-refractivity contribution in [2.45, 2.75) is 51.1 Å². The van der Waals surface area contributed by atoms with E-state index in [1.807, 2.05) is 28.5 Å². The number of esters is 1. The number of nitrogens with zero attached hydrogens (tertiary/aromatic N) is 2. The Morgan fingerprint density at radius 1 is 1.28 bits per heavy atom. The zero-order valence-electron chi connectivity index (χ0n) is 18.1.